The van der Waals surface area contributed by atoms with Crippen molar-refractivity contribution >= 4 is 22.9 Å². The van der Waals surface area contributed by atoms with Gasteiger partial charge in [0, 0.05) is 6.04 Å². The van der Waals surface area contributed by atoms with Gasteiger partial charge >= 0.3 is 17.8 Å². The molecule has 0 spiro atoms. The van der Waals surface area contributed by atoms with Crippen molar-refractivity contribution in [2.24, 2.45) is 0 Å². The van der Waals surface area contributed by atoms with Crippen LogP contribution in [0, 0.1) is 6.92 Å². The Balaban J connectivity index is 2.05. The first-order valence-corrected chi connectivity index (χ1v) is 8.44. The topological polar surface area (TPSA) is 94.3 Å². The van der Waals surface area contributed by atoms with E-state index in [1.54, 1.807) is 19.9 Å². The predicted molar refractivity (Wildman–Crippen MR) is 97.6 cm³/mol. The quantitative estimate of drug-likeness (QED) is 0.656. The van der Waals surface area contributed by atoms with E-state index < -0.39 is 29.4 Å². The summed E-state index contributed by atoms with van der Waals surface area (Å²) in [6.07, 6.45) is -4.47. The van der Waals surface area contributed by atoms with Gasteiger partial charge in [0.05, 0.1) is 18.1 Å². The summed E-state index contributed by atoms with van der Waals surface area (Å²) < 4.78 is 48.6. The van der Waals surface area contributed by atoms with Crippen LogP contribution in [-0.2, 0) is 10.9 Å². The Morgan fingerprint density at radius 3 is 2.62 bits per heavy atom. The zero-order valence-corrected chi connectivity index (χ0v) is 15.6. The molecule has 0 aliphatic heterocycles. The fourth-order valence-corrected chi connectivity index (χ4v) is 2.74. The van der Waals surface area contributed by atoms with E-state index in [4.69, 9.17) is 4.42 Å². The molecule has 10 heteroatoms. The summed E-state index contributed by atoms with van der Waals surface area (Å²) in [4.78, 5) is 32.0. The van der Waals surface area contributed by atoms with E-state index in [0.717, 1.165) is 19.2 Å². The molecule has 0 fully saturated rings. The Kier molecular flexibility index (Phi) is 5.27. The lowest BCUT2D eigenvalue weighted by molar-refractivity contribution is -0.137. The third-order valence-corrected chi connectivity index (χ3v) is 4.19. The maximum absolute atomic E-state index is 13.0. The van der Waals surface area contributed by atoms with Crippen LogP contribution in [0.1, 0.15) is 40.3 Å². The second-order valence-electron chi connectivity index (χ2n) is 6.27. The Labute approximate surface area is 162 Å². The second kappa shape index (κ2) is 7.53. The lowest BCUT2D eigenvalue weighted by Crippen LogP contribution is -2.17. The summed E-state index contributed by atoms with van der Waals surface area (Å²) in [5, 5.41) is 3.21. The third kappa shape index (κ3) is 4.20. The summed E-state index contributed by atoms with van der Waals surface area (Å²) in [6, 6.07) is 5.53. The number of ether oxygens (including phenoxy) is 1. The molecule has 29 heavy (non-hydrogen) atoms. The highest BCUT2D eigenvalue weighted by Gasteiger charge is 2.30. The van der Waals surface area contributed by atoms with Gasteiger partial charge in [-0.1, -0.05) is 12.1 Å². The van der Waals surface area contributed by atoms with Gasteiger partial charge in [-0.25, -0.2) is 14.6 Å². The van der Waals surface area contributed by atoms with E-state index >= 15 is 0 Å². The highest BCUT2D eigenvalue weighted by Crippen LogP contribution is 2.32. The van der Waals surface area contributed by atoms with Crippen molar-refractivity contribution in [1.29, 1.82) is 0 Å². The van der Waals surface area contributed by atoms with Gasteiger partial charge in [-0.3, -0.25) is 0 Å². The fourth-order valence-electron chi connectivity index (χ4n) is 2.74. The van der Waals surface area contributed by atoms with Crippen LogP contribution < -0.4 is 10.9 Å². The number of fused-ring (bicyclic) bond motifs is 1. The standard InChI is InChI=1S/C19H16F3N3O4/c1-9(11-5-4-6-12(7-11)19(20,21)22)23-15-13-8-14(17(26)28-3)18(27)29-16(13)25-10(2)24-15/h4-9H,1-3H3,(H,23,24,25)/t9-/m1/s1. The second-order valence-corrected chi connectivity index (χ2v) is 6.27. The molecule has 0 amide bonds. The number of rotatable bonds is 4. The van der Waals surface area contributed by atoms with Crippen LogP contribution in [-0.4, -0.2) is 23.0 Å². The zero-order valence-electron chi connectivity index (χ0n) is 15.6. The number of carbonyl (C=O) groups is 1. The molecule has 1 aromatic carbocycles. The van der Waals surface area contributed by atoms with Gasteiger partial charge in [0.25, 0.3) is 0 Å². The molecule has 7 nitrogen and oxygen atoms in total. The molecule has 0 saturated heterocycles. The minimum Gasteiger partial charge on any atom is -0.465 e. The molecule has 0 radical (unpaired) electrons. The number of benzene rings is 1. The molecule has 0 saturated carbocycles. The van der Waals surface area contributed by atoms with Crippen LogP contribution in [0.5, 0.6) is 0 Å². The van der Waals surface area contributed by atoms with Gasteiger partial charge in [0.1, 0.15) is 17.2 Å². The predicted octanol–water partition coefficient (Wildman–Crippen LogP) is 3.87. The van der Waals surface area contributed by atoms with Crippen LogP contribution in [0.15, 0.2) is 39.5 Å². The summed E-state index contributed by atoms with van der Waals surface area (Å²) >= 11 is 0. The zero-order chi connectivity index (χ0) is 21.3. The Morgan fingerprint density at radius 2 is 1.97 bits per heavy atom. The third-order valence-electron chi connectivity index (χ3n) is 4.19. The molecule has 1 atom stereocenters. The van der Waals surface area contributed by atoms with Crippen LogP contribution in [0.3, 0.4) is 0 Å². The first kappa shape index (κ1) is 20.3. The molecule has 0 bridgehead atoms. The molecule has 2 heterocycles. The molecule has 3 rings (SSSR count). The smallest absolute Gasteiger partial charge is 0.416 e. The highest BCUT2D eigenvalue weighted by molar-refractivity contribution is 5.95. The van der Waals surface area contributed by atoms with Crippen molar-refractivity contribution in [2.75, 3.05) is 12.4 Å². The Morgan fingerprint density at radius 1 is 1.24 bits per heavy atom. The number of esters is 1. The van der Waals surface area contributed by atoms with Gasteiger partial charge < -0.3 is 14.5 Å². The molecule has 3 aromatic rings. The summed E-state index contributed by atoms with van der Waals surface area (Å²) in [5.74, 6) is -0.422. The number of methoxy groups -OCH3 is 1. The number of aryl methyl sites for hydroxylation is 1. The first-order valence-electron chi connectivity index (χ1n) is 8.44. The van der Waals surface area contributed by atoms with Crippen molar-refractivity contribution in [1.82, 2.24) is 9.97 Å². The summed E-state index contributed by atoms with van der Waals surface area (Å²) in [7, 11) is 1.12. The largest absolute Gasteiger partial charge is 0.465 e. The normalized spacial score (nSPS) is 12.6. The number of nitrogens with zero attached hydrogens (tertiary/aromatic N) is 2. The van der Waals surface area contributed by atoms with Crippen molar-refractivity contribution in [3.63, 3.8) is 0 Å². The first-order chi connectivity index (χ1) is 13.6. The van der Waals surface area contributed by atoms with Crippen molar-refractivity contribution in [2.45, 2.75) is 26.1 Å². The van der Waals surface area contributed by atoms with Crippen molar-refractivity contribution in [3.05, 3.63) is 63.3 Å². The van der Waals surface area contributed by atoms with E-state index in [0.29, 0.717) is 5.56 Å². The molecular weight excluding hydrogens is 391 g/mol. The lowest BCUT2D eigenvalue weighted by atomic mass is 10.0. The van der Waals surface area contributed by atoms with E-state index in [-0.39, 0.29) is 28.3 Å². The number of hydrogen-bond donors (Lipinski definition) is 1. The van der Waals surface area contributed by atoms with Gasteiger partial charge in [-0.15, -0.1) is 0 Å². The Hall–Kier alpha value is -3.43. The molecule has 1 N–H and O–H groups in total. The average Bonchev–Trinajstić information content (AvgIpc) is 2.66. The van der Waals surface area contributed by atoms with Crippen molar-refractivity contribution in [3.8, 4) is 0 Å². The van der Waals surface area contributed by atoms with E-state index in [1.165, 1.54) is 12.1 Å². The van der Waals surface area contributed by atoms with Crippen LogP contribution in [0.25, 0.3) is 11.1 Å². The number of nitrogens with one attached hydrogen (secondary N) is 1. The monoisotopic (exact) mass is 407 g/mol. The minimum absolute atomic E-state index is 0.0612. The maximum Gasteiger partial charge on any atom is 0.416 e. The number of halogens is 3. The van der Waals surface area contributed by atoms with Gasteiger partial charge in [0.15, 0.2) is 0 Å². The summed E-state index contributed by atoms with van der Waals surface area (Å²) in [5.41, 5.74) is -1.73. The summed E-state index contributed by atoms with van der Waals surface area (Å²) in [6.45, 7) is 3.22. The van der Waals surface area contributed by atoms with E-state index in [9.17, 15) is 22.8 Å². The van der Waals surface area contributed by atoms with Gasteiger partial charge in [-0.2, -0.15) is 18.2 Å². The molecule has 0 aliphatic rings. The number of anilines is 1. The number of hydrogen-bond acceptors (Lipinski definition) is 7. The number of alkyl halides is 3. The van der Waals surface area contributed by atoms with Crippen LogP contribution >= 0.6 is 0 Å². The fraction of sp³-hybridized carbons (Fsp3) is 0.263. The molecule has 0 unspecified atom stereocenters. The van der Waals surface area contributed by atoms with E-state index in [2.05, 4.69) is 20.0 Å². The minimum atomic E-state index is -4.47. The molecular formula is C19H16F3N3O4. The van der Waals surface area contributed by atoms with Crippen molar-refractivity contribution < 1.29 is 27.1 Å². The van der Waals surface area contributed by atoms with Crippen LogP contribution in [0.4, 0.5) is 19.0 Å². The SMILES string of the molecule is COC(=O)c1cc2c(N[C@H](C)c3cccc(C(F)(F)F)c3)nc(C)nc2oc1=O. The van der Waals surface area contributed by atoms with Crippen LogP contribution in [0.2, 0.25) is 0 Å². The van der Waals surface area contributed by atoms with Gasteiger partial charge in [0.2, 0.25) is 5.71 Å². The maximum atomic E-state index is 13.0. The molecule has 152 valence electrons. The Bertz CT molecular complexity index is 1140. The lowest BCUT2D eigenvalue weighted by Gasteiger charge is -2.18. The molecule has 0 aliphatic carbocycles. The highest BCUT2D eigenvalue weighted by atomic mass is 19.4. The van der Waals surface area contributed by atoms with E-state index in [1.807, 2.05) is 0 Å². The molecule has 2 aromatic heterocycles. The number of aromatic nitrogens is 2. The average molecular weight is 407 g/mol. The van der Waals surface area contributed by atoms with Gasteiger partial charge in [-0.05, 0) is 37.6 Å². The number of carbonyl (C=O) groups excluding carboxylic acids is 1.